The molecule has 8 nitrogen and oxygen atoms in total. The van der Waals surface area contributed by atoms with Crippen LogP contribution >= 0.6 is 0 Å². The van der Waals surface area contributed by atoms with Crippen LogP contribution in [0.4, 0.5) is 11.4 Å². The molecule has 0 bridgehead atoms. The Morgan fingerprint density at radius 1 is 0.792 bits per heavy atom. The standard InChI is InChI=1S/2C8H8N2O2/c2*1-9-6-7-3-2-4-8(5-7)10(11)12/h2*2-6H,1H3. The van der Waals surface area contributed by atoms with Crippen molar-refractivity contribution in [3.05, 3.63) is 79.9 Å². The largest absolute Gasteiger partial charge is 0.296 e. The highest BCUT2D eigenvalue weighted by molar-refractivity contribution is 5.80. The van der Waals surface area contributed by atoms with Crippen LogP contribution in [-0.2, 0) is 0 Å². The van der Waals surface area contributed by atoms with Gasteiger partial charge >= 0.3 is 0 Å². The van der Waals surface area contributed by atoms with Gasteiger partial charge in [-0.3, -0.25) is 30.2 Å². The number of hydrogen-bond acceptors (Lipinski definition) is 6. The van der Waals surface area contributed by atoms with Crippen LogP contribution < -0.4 is 0 Å². The molecule has 0 amide bonds. The van der Waals surface area contributed by atoms with Crippen LogP contribution in [0.2, 0.25) is 0 Å². The van der Waals surface area contributed by atoms with Crippen molar-refractivity contribution in [3.8, 4) is 0 Å². The molecule has 0 radical (unpaired) electrons. The third-order valence-corrected chi connectivity index (χ3v) is 2.72. The molecule has 24 heavy (non-hydrogen) atoms. The lowest BCUT2D eigenvalue weighted by Crippen LogP contribution is -1.89. The highest BCUT2D eigenvalue weighted by atomic mass is 16.6. The molecule has 0 unspecified atom stereocenters. The molecule has 0 saturated carbocycles. The van der Waals surface area contributed by atoms with Gasteiger partial charge in [-0.1, -0.05) is 24.3 Å². The molecule has 0 aliphatic heterocycles. The average Bonchev–Trinajstić information content (AvgIpc) is 2.56. The summed E-state index contributed by atoms with van der Waals surface area (Å²) >= 11 is 0. The summed E-state index contributed by atoms with van der Waals surface area (Å²) in [4.78, 5) is 27.3. The molecular formula is C16H16N4O4. The summed E-state index contributed by atoms with van der Waals surface area (Å²) in [5.74, 6) is 0. The predicted octanol–water partition coefficient (Wildman–Crippen LogP) is 3.29. The smallest absolute Gasteiger partial charge is 0.270 e. The minimum Gasteiger partial charge on any atom is -0.296 e. The highest BCUT2D eigenvalue weighted by Gasteiger charge is 2.03. The van der Waals surface area contributed by atoms with E-state index in [2.05, 4.69) is 9.98 Å². The Morgan fingerprint density at radius 3 is 1.46 bits per heavy atom. The second-order valence-corrected chi connectivity index (χ2v) is 4.48. The topological polar surface area (TPSA) is 111 Å². The Bertz CT molecular complexity index is 707. The number of nitrogens with zero attached hydrogens (tertiary/aromatic N) is 4. The summed E-state index contributed by atoms with van der Waals surface area (Å²) in [6, 6.07) is 12.7. The van der Waals surface area contributed by atoms with Gasteiger partial charge in [0.05, 0.1) is 9.85 Å². The van der Waals surface area contributed by atoms with Crippen molar-refractivity contribution in [1.29, 1.82) is 0 Å². The zero-order valence-electron chi connectivity index (χ0n) is 13.2. The van der Waals surface area contributed by atoms with Gasteiger partial charge in [-0.25, -0.2) is 0 Å². The number of aliphatic imine (C=N–C) groups is 2. The van der Waals surface area contributed by atoms with Crippen molar-refractivity contribution >= 4 is 23.8 Å². The van der Waals surface area contributed by atoms with Gasteiger partial charge in [0, 0.05) is 50.8 Å². The molecule has 0 aliphatic rings. The lowest BCUT2D eigenvalue weighted by molar-refractivity contribution is -0.385. The van der Waals surface area contributed by atoms with E-state index in [1.165, 1.54) is 24.3 Å². The maximum Gasteiger partial charge on any atom is 0.270 e. The Kier molecular flexibility index (Phi) is 7.43. The maximum absolute atomic E-state index is 10.3. The molecule has 0 atom stereocenters. The fourth-order valence-corrected chi connectivity index (χ4v) is 1.74. The van der Waals surface area contributed by atoms with E-state index in [0.29, 0.717) is 0 Å². The van der Waals surface area contributed by atoms with Gasteiger partial charge in [0.25, 0.3) is 11.4 Å². The van der Waals surface area contributed by atoms with E-state index in [4.69, 9.17) is 0 Å². The second-order valence-electron chi connectivity index (χ2n) is 4.48. The average molecular weight is 328 g/mol. The van der Waals surface area contributed by atoms with Crippen LogP contribution in [0, 0.1) is 20.2 Å². The SMILES string of the molecule is CN=Cc1cccc([N+](=O)[O-])c1.CN=Cc1cccc([N+](=O)[O-])c1. The van der Waals surface area contributed by atoms with E-state index in [1.807, 2.05) is 0 Å². The molecule has 0 aromatic heterocycles. The van der Waals surface area contributed by atoms with Crippen LogP contribution in [0.15, 0.2) is 58.5 Å². The van der Waals surface area contributed by atoms with E-state index in [1.54, 1.807) is 50.8 Å². The normalized spacial score (nSPS) is 10.4. The highest BCUT2D eigenvalue weighted by Crippen LogP contribution is 2.12. The monoisotopic (exact) mass is 328 g/mol. The summed E-state index contributed by atoms with van der Waals surface area (Å²) in [5, 5.41) is 20.6. The third-order valence-electron chi connectivity index (χ3n) is 2.72. The third kappa shape index (κ3) is 6.14. The number of nitro benzene ring substituents is 2. The number of non-ortho nitro benzene ring substituents is 2. The van der Waals surface area contributed by atoms with Crippen molar-refractivity contribution in [2.75, 3.05) is 14.1 Å². The number of rotatable bonds is 4. The van der Waals surface area contributed by atoms with Gasteiger partial charge in [-0.05, 0) is 11.1 Å². The van der Waals surface area contributed by atoms with Crippen molar-refractivity contribution in [1.82, 2.24) is 0 Å². The van der Waals surface area contributed by atoms with Crippen LogP contribution in [0.1, 0.15) is 11.1 Å². The van der Waals surface area contributed by atoms with E-state index in [9.17, 15) is 20.2 Å². The van der Waals surface area contributed by atoms with Gasteiger partial charge < -0.3 is 0 Å². The number of benzene rings is 2. The zero-order chi connectivity index (χ0) is 17.9. The fraction of sp³-hybridized carbons (Fsp3) is 0.125. The van der Waals surface area contributed by atoms with Crippen LogP contribution in [0.25, 0.3) is 0 Å². The summed E-state index contributed by atoms with van der Waals surface area (Å²) in [5.41, 5.74) is 1.67. The van der Waals surface area contributed by atoms with Crippen molar-refractivity contribution < 1.29 is 9.85 Å². The van der Waals surface area contributed by atoms with Crippen molar-refractivity contribution in [3.63, 3.8) is 0 Å². The first-order valence-corrected chi connectivity index (χ1v) is 6.81. The van der Waals surface area contributed by atoms with Crippen LogP contribution in [-0.4, -0.2) is 36.4 Å². The lowest BCUT2D eigenvalue weighted by atomic mass is 10.2. The molecule has 124 valence electrons. The minimum absolute atomic E-state index is 0.0902. The molecule has 0 aliphatic carbocycles. The molecule has 8 heteroatoms. The Balaban J connectivity index is 0.000000240. The first kappa shape index (κ1) is 18.6. The lowest BCUT2D eigenvalue weighted by Gasteiger charge is -1.92. The van der Waals surface area contributed by atoms with Gasteiger partial charge in [-0.15, -0.1) is 0 Å². The maximum atomic E-state index is 10.3. The zero-order valence-corrected chi connectivity index (χ0v) is 13.2. The number of hydrogen-bond donors (Lipinski definition) is 0. The van der Waals surface area contributed by atoms with Gasteiger partial charge in [0.15, 0.2) is 0 Å². The second kappa shape index (κ2) is 9.57. The van der Waals surface area contributed by atoms with Gasteiger partial charge in [0.2, 0.25) is 0 Å². The molecule has 0 heterocycles. The Labute approximate surface area is 138 Å². The van der Waals surface area contributed by atoms with Crippen molar-refractivity contribution in [2.45, 2.75) is 0 Å². The molecule has 0 saturated heterocycles. The Hall–Kier alpha value is -3.42. The quantitative estimate of drug-likeness (QED) is 0.487. The first-order chi connectivity index (χ1) is 11.5. The van der Waals surface area contributed by atoms with Crippen LogP contribution in [0.5, 0.6) is 0 Å². The molecule has 0 fully saturated rings. The predicted molar refractivity (Wildman–Crippen MR) is 93.2 cm³/mol. The van der Waals surface area contributed by atoms with E-state index in [0.717, 1.165) is 11.1 Å². The van der Waals surface area contributed by atoms with Gasteiger partial charge in [-0.2, -0.15) is 0 Å². The van der Waals surface area contributed by atoms with Crippen molar-refractivity contribution in [2.24, 2.45) is 9.98 Å². The summed E-state index contributed by atoms with van der Waals surface area (Å²) < 4.78 is 0. The first-order valence-electron chi connectivity index (χ1n) is 6.81. The van der Waals surface area contributed by atoms with E-state index in [-0.39, 0.29) is 11.4 Å². The van der Waals surface area contributed by atoms with Gasteiger partial charge in [0.1, 0.15) is 0 Å². The summed E-state index contributed by atoms with van der Waals surface area (Å²) in [7, 11) is 3.25. The number of nitro groups is 2. The molecule has 0 N–H and O–H groups in total. The summed E-state index contributed by atoms with van der Waals surface area (Å²) in [6.45, 7) is 0. The minimum atomic E-state index is -0.424. The van der Waals surface area contributed by atoms with E-state index >= 15 is 0 Å². The fourth-order valence-electron chi connectivity index (χ4n) is 1.74. The molecular weight excluding hydrogens is 312 g/mol. The molecule has 0 spiro atoms. The van der Waals surface area contributed by atoms with E-state index < -0.39 is 9.85 Å². The van der Waals surface area contributed by atoms with Crippen LogP contribution in [0.3, 0.4) is 0 Å². The molecule has 2 aromatic rings. The Morgan fingerprint density at radius 2 is 1.17 bits per heavy atom. The molecule has 2 rings (SSSR count). The molecule has 2 aromatic carbocycles. The summed E-state index contributed by atoms with van der Waals surface area (Å²) in [6.07, 6.45) is 3.15.